The average molecular weight is 284 g/mol. The maximum Gasteiger partial charge on any atom is 0.231 e. The number of likely N-dealkylation sites (N-methyl/N-ethyl adjacent to an activating group) is 1. The number of amidine groups is 1. The second-order valence-corrected chi connectivity index (χ2v) is 4.52. The van der Waals surface area contributed by atoms with Crippen LogP contribution in [0, 0.1) is 0 Å². The third-order valence-electron chi connectivity index (χ3n) is 3.12. The third-order valence-corrected chi connectivity index (χ3v) is 3.12. The molecule has 3 N–H and O–H groups in total. The number of anilines is 1. The molecule has 0 saturated heterocycles. The monoisotopic (exact) mass is 284 g/mol. The van der Waals surface area contributed by atoms with Crippen LogP contribution in [0.5, 0.6) is 0 Å². The zero-order valence-corrected chi connectivity index (χ0v) is 11.6. The summed E-state index contributed by atoms with van der Waals surface area (Å²) < 4.78 is 0. The molecule has 0 aliphatic rings. The quantitative estimate of drug-likeness (QED) is 0.384. The van der Waals surface area contributed by atoms with Crippen molar-refractivity contribution in [1.29, 1.82) is 0 Å². The van der Waals surface area contributed by atoms with Gasteiger partial charge in [0, 0.05) is 18.8 Å². The van der Waals surface area contributed by atoms with E-state index in [0.717, 1.165) is 11.3 Å². The van der Waals surface area contributed by atoms with Gasteiger partial charge in [0.25, 0.3) is 0 Å². The van der Waals surface area contributed by atoms with Crippen molar-refractivity contribution < 1.29 is 10.0 Å². The second-order valence-electron chi connectivity index (χ2n) is 4.52. The highest BCUT2D eigenvalue weighted by Gasteiger charge is 2.11. The van der Waals surface area contributed by atoms with E-state index in [2.05, 4.69) is 10.1 Å². The molecule has 6 heteroatoms. The largest absolute Gasteiger partial charge is 0.409 e. The molecule has 0 atom stereocenters. The molecule has 0 aliphatic carbocycles. The fraction of sp³-hybridized carbons (Fsp3) is 0.133. The number of nitrogens with zero attached hydrogens (tertiary/aromatic N) is 3. The molecule has 0 saturated carbocycles. The molecule has 2 rings (SSSR count). The standard InChI is InChI=1S/C15H16N4O2/c1-19(13-3-2-8-17-10-13)14(20)9-11-4-6-12(7-5-11)15(16)18-21/h2-8,10,21H,9H2,1H3,(H2,16,18). The lowest BCUT2D eigenvalue weighted by Gasteiger charge is -2.16. The van der Waals surface area contributed by atoms with Crippen molar-refractivity contribution in [3.05, 3.63) is 59.9 Å². The molecule has 1 heterocycles. The van der Waals surface area contributed by atoms with Gasteiger partial charge in [0.15, 0.2) is 5.84 Å². The van der Waals surface area contributed by atoms with E-state index in [1.54, 1.807) is 54.7 Å². The van der Waals surface area contributed by atoms with E-state index >= 15 is 0 Å². The van der Waals surface area contributed by atoms with Gasteiger partial charge in [0.2, 0.25) is 5.91 Å². The van der Waals surface area contributed by atoms with Crippen molar-refractivity contribution in [2.24, 2.45) is 10.9 Å². The van der Waals surface area contributed by atoms with Gasteiger partial charge in [-0.15, -0.1) is 0 Å². The van der Waals surface area contributed by atoms with Crippen molar-refractivity contribution >= 4 is 17.4 Å². The number of pyridine rings is 1. The molecule has 0 spiro atoms. The minimum absolute atomic E-state index is 0.0420. The first kappa shape index (κ1) is 14.5. The molecule has 1 aromatic heterocycles. The predicted molar refractivity (Wildman–Crippen MR) is 80.3 cm³/mol. The highest BCUT2D eigenvalue weighted by Crippen LogP contribution is 2.12. The fourth-order valence-electron chi connectivity index (χ4n) is 1.84. The molecular weight excluding hydrogens is 268 g/mol. The van der Waals surface area contributed by atoms with Crippen LogP contribution >= 0.6 is 0 Å². The van der Waals surface area contributed by atoms with Crippen LogP contribution in [0.4, 0.5) is 5.69 Å². The summed E-state index contributed by atoms with van der Waals surface area (Å²) in [5.74, 6) is -0.0000910. The number of rotatable bonds is 4. The molecule has 2 aromatic rings. The Bertz CT molecular complexity index is 638. The summed E-state index contributed by atoms with van der Waals surface area (Å²) in [7, 11) is 1.71. The lowest BCUT2D eigenvalue weighted by atomic mass is 10.1. The van der Waals surface area contributed by atoms with Gasteiger partial charge in [-0.2, -0.15) is 0 Å². The summed E-state index contributed by atoms with van der Waals surface area (Å²) >= 11 is 0. The number of aromatic nitrogens is 1. The Hall–Kier alpha value is -2.89. The second kappa shape index (κ2) is 6.51. The number of hydrogen-bond donors (Lipinski definition) is 2. The summed E-state index contributed by atoms with van der Waals surface area (Å²) in [6, 6.07) is 10.6. The molecule has 21 heavy (non-hydrogen) atoms. The van der Waals surface area contributed by atoms with E-state index in [9.17, 15) is 4.79 Å². The molecule has 108 valence electrons. The minimum atomic E-state index is -0.0421. The smallest absolute Gasteiger partial charge is 0.231 e. The Labute approximate surface area is 122 Å². The molecule has 6 nitrogen and oxygen atoms in total. The lowest BCUT2D eigenvalue weighted by molar-refractivity contribution is -0.117. The molecule has 1 amide bonds. The van der Waals surface area contributed by atoms with Crippen LogP contribution in [0.2, 0.25) is 0 Å². The van der Waals surface area contributed by atoms with E-state index in [1.807, 2.05) is 6.07 Å². The Morgan fingerprint density at radius 3 is 2.62 bits per heavy atom. The highest BCUT2D eigenvalue weighted by molar-refractivity contribution is 5.97. The van der Waals surface area contributed by atoms with Crippen molar-refractivity contribution in [3.8, 4) is 0 Å². The topological polar surface area (TPSA) is 91.8 Å². The van der Waals surface area contributed by atoms with Crippen molar-refractivity contribution in [2.45, 2.75) is 6.42 Å². The molecule has 1 aromatic carbocycles. The van der Waals surface area contributed by atoms with Gasteiger partial charge in [-0.05, 0) is 17.7 Å². The Morgan fingerprint density at radius 2 is 2.05 bits per heavy atom. The zero-order chi connectivity index (χ0) is 15.2. The number of hydrogen-bond acceptors (Lipinski definition) is 4. The maximum atomic E-state index is 12.2. The summed E-state index contributed by atoms with van der Waals surface area (Å²) in [5.41, 5.74) is 7.69. The summed E-state index contributed by atoms with van der Waals surface area (Å²) in [4.78, 5) is 17.7. The summed E-state index contributed by atoms with van der Waals surface area (Å²) in [6.07, 6.45) is 3.56. The van der Waals surface area contributed by atoms with Crippen LogP contribution in [-0.4, -0.2) is 29.0 Å². The molecular formula is C15H16N4O2. The Balaban J connectivity index is 2.06. The van der Waals surface area contributed by atoms with E-state index < -0.39 is 0 Å². The summed E-state index contributed by atoms with van der Waals surface area (Å²) in [6.45, 7) is 0. The van der Waals surface area contributed by atoms with Crippen LogP contribution in [-0.2, 0) is 11.2 Å². The number of nitrogens with two attached hydrogens (primary N) is 1. The molecule has 0 aliphatic heterocycles. The van der Waals surface area contributed by atoms with Crippen LogP contribution in [0.15, 0.2) is 53.9 Å². The number of carbonyl (C=O) groups excluding carboxylic acids is 1. The Kier molecular flexibility index (Phi) is 4.50. The van der Waals surface area contributed by atoms with Gasteiger partial charge < -0.3 is 15.8 Å². The van der Waals surface area contributed by atoms with Crippen LogP contribution in [0.1, 0.15) is 11.1 Å². The van der Waals surface area contributed by atoms with Crippen molar-refractivity contribution in [2.75, 3.05) is 11.9 Å². The predicted octanol–water partition coefficient (Wildman–Crippen LogP) is 1.38. The molecule has 0 unspecified atom stereocenters. The zero-order valence-electron chi connectivity index (χ0n) is 11.6. The lowest BCUT2D eigenvalue weighted by Crippen LogP contribution is -2.27. The van der Waals surface area contributed by atoms with Crippen LogP contribution in [0.25, 0.3) is 0 Å². The van der Waals surface area contributed by atoms with Gasteiger partial charge in [0.05, 0.1) is 18.3 Å². The van der Waals surface area contributed by atoms with Crippen LogP contribution in [0.3, 0.4) is 0 Å². The van der Waals surface area contributed by atoms with Gasteiger partial charge in [0.1, 0.15) is 0 Å². The van der Waals surface area contributed by atoms with Gasteiger partial charge in [-0.25, -0.2) is 0 Å². The van der Waals surface area contributed by atoms with E-state index in [-0.39, 0.29) is 18.2 Å². The van der Waals surface area contributed by atoms with Crippen molar-refractivity contribution in [3.63, 3.8) is 0 Å². The Morgan fingerprint density at radius 1 is 1.33 bits per heavy atom. The number of oxime groups is 1. The SMILES string of the molecule is CN(C(=O)Cc1ccc(C(N)=NO)cc1)c1cccnc1. The van der Waals surface area contributed by atoms with Crippen molar-refractivity contribution in [1.82, 2.24) is 4.98 Å². The number of benzene rings is 1. The first-order valence-corrected chi connectivity index (χ1v) is 6.35. The minimum Gasteiger partial charge on any atom is -0.409 e. The molecule has 0 bridgehead atoms. The first-order chi connectivity index (χ1) is 10.1. The van der Waals surface area contributed by atoms with E-state index in [0.29, 0.717) is 5.56 Å². The normalized spacial score (nSPS) is 11.2. The van der Waals surface area contributed by atoms with E-state index in [4.69, 9.17) is 10.9 Å². The number of carbonyl (C=O) groups is 1. The van der Waals surface area contributed by atoms with Crippen LogP contribution < -0.4 is 10.6 Å². The molecule has 0 radical (unpaired) electrons. The first-order valence-electron chi connectivity index (χ1n) is 6.35. The van der Waals surface area contributed by atoms with Gasteiger partial charge in [-0.1, -0.05) is 29.4 Å². The summed E-state index contributed by atoms with van der Waals surface area (Å²) in [5, 5.41) is 11.5. The van der Waals surface area contributed by atoms with Gasteiger partial charge in [-0.3, -0.25) is 9.78 Å². The highest BCUT2D eigenvalue weighted by atomic mass is 16.4. The van der Waals surface area contributed by atoms with Gasteiger partial charge >= 0.3 is 0 Å². The maximum absolute atomic E-state index is 12.2. The molecule has 0 fully saturated rings. The van der Waals surface area contributed by atoms with E-state index in [1.165, 1.54) is 0 Å². The fourth-order valence-corrected chi connectivity index (χ4v) is 1.84. The average Bonchev–Trinajstić information content (AvgIpc) is 2.55. The third kappa shape index (κ3) is 3.56. The number of amides is 1.